The van der Waals surface area contributed by atoms with Crippen molar-refractivity contribution in [2.75, 3.05) is 18.9 Å². The van der Waals surface area contributed by atoms with Crippen molar-refractivity contribution in [3.8, 4) is 6.07 Å². The molecule has 1 aromatic heterocycles. The number of quaternary nitrogens is 1. The van der Waals surface area contributed by atoms with Gasteiger partial charge in [0.1, 0.15) is 17.6 Å². The molecule has 5 heteroatoms. The van der Waals surface area contributed by atoms with Crippen molar-refractivity contribution in [1.82, 2.24) is 0 Å². The molecule has 4 nitrogen and oxygen atoms in total. The molecule has 0 aliphatic heterocycles. The highest BCUT2D eigenvalue weighted by molar-refractivity contribution is 7.16. The third-order valence-corrected chi connectivity index (χ3v) is 5.83. The van der Waals surface area contributed by atoms with Crippen molar-refractivity contribution < 1.29 is 9.69 Å². The molecule has 1 aliphatic rings. The van der Waals surface area contributed by atoms with E-state index in [4.69, 9.17) is 0 Å². The molecule has 1 heterocycles. The van der Waals surface area contributed by atoms with Gasteiger partial charge in [-0.25, -0.2) is 0 Å². The lowest BCUT2D eigenvalue weighted by atomic mass is 9.96. The van der Waals surface area contributed by atoms with E-state index >= 15 is 0 Å². The van der Waals surface area contributed by atoms with Gasteiger partial charge >= 0.3 is 0 Å². The largest absolute Gasteiger partial charge is 0.326 e. The molecule has 2 aromatic rings. The van der Waals surface area contributed by atoms with Gasteiger partial charge < -0.3 is 10.2 Å². The van der Waals surface area contributed by atoms with Gasteiger partial charge in [0.25, 0.3) is 5.91 Å². The van der Waals surface area contributed by atoms with Crippen molar-refractivity contribution >= 4 is 22.2 Å². The number of benzene rings is 1. The van der Waals surface area contributed by atoms with Gasteiger partial charge in [-0.3, -0.25) is 4.79 Å². The first-order chi connectivity index (χ1) is 12.1. The molecule has 1 amide bonds. The number of hydrogen-bond donors (Lipinski definition) is 2. The Kier molecular flexibility index (Phi) is 5.52. The Morgan fingerprint density at radius 1 is 1.28 bits per heavy atom. The summed E-state index contributed by atoms with van der Waals surface area (Å²) in [5, 5.41) is 13.2. The Bertz CT molecular complexity index is 802. The smallest absolute Gasteiger partial charge is 0.280 e. The van der Waals surface area contributed by atoms with Gasteiger partial charge in [-0.05, 0) is 38.2 Å². The molecule has 1 unspecified atom stereocenters. The van der Waals surface area contributed by atoms with Crippen molar-refractivity contribution in [1.29, 1.82) is 5.26 Å². The van der Waals surface area contributed by atoms with Crippen LogP contribution < -0.4 is 10.2 Å². The summed E-state index contributed by atoms with van der Waals surface area (Å²) in [6, 6.07) is 10.7. The van der Waals surface area contributed by atoms with Crippen LogP contribution in [0.5, 0.6) is 0 Å². The van der Waals surface area contributed by atoms with Crippen molar-refractivity contribution in [3.05, 3.63) is 51.4 Å². The Balaban J connectivity index is 1.62. The van der Waals surface area contributed by atoms with Gasteiger partial charge in [0.2, 0.25) is 0 Å². The van der Waals surface area contributed by atoms with E-state index in [9.17, 15) is 10.1 Å². The number of nitrogens with one attached hydrogen (secondary N) is 2. The number of amides is 1. The molecule has 0 saturated carbocycles. The summed E-state index contributed by atoms with van der Waals surface area (Å²) >= 11 is 1.58. The minimum Gasteiger partial charge on any atom is -0.326 e. The second-order valence-corrected chi connectivity index (χ2v) is 7.98. The van der Waals surface area contributed by atoms with Gasteiger partial charge in [-0.1, -0.05) is 29.8 Å². The van der Waals surface area contributed by atoms with E-state index in [2.05, 4.69) is 42.6 Å². The summed E-state index contributed by atoms with van der Waals surface area (Å²) in [6.45, 7) is 3.27. The number of nitrogens with zero attached hydrogens (tertiary/aromatic N) is 1. The summed E-state index contributed by atoms with van der Waals surface area (Å²) in [4.78, 5) is 14.8. The molecule has 1 aromatic carbocycles. The minimum atomic E-state index is -0.0280. The number of carbonyl (C=O) groups is 1. The van der Waals surface area contributed by atoms with Gasteiger partial charge in [-0.2, -0.15) is 5.26 Å². The van der Waals surface area contributed by atoms with Gasteiger partial charge in [0.05, 0.1) is 12.6 Å². The number of fused-ring (bicyclic) bond motifs is 1. The van der Waals surface area contributed by atoms with Gasteiger partial charge in [-0.15, -0.1) is 11.3 Å². The number of nitriles is 1. The zero-order valence-electron chi connectivity index (χ0n) is 14.8. The van der Waals surface area contributed by atoms with Crippen LogP contribution in [0.25, 0.3) is 0 Å². The second kappa shape index (κ2) is 7.81. The molecule has 1 aliphatic carbocycles. The Labute approximate surface area is 153 Å². The quantitative estimate of drug-likeness (QED) is 0.867. The molecule has 0 spiro atoms. The predicted octanol–water partition coefficient (Wildman–Crippen LogP) is 2.46. The third kappa shape index (κ3) is 4.28. The van der Waals surface area contributed by atoms with Crippen molar-refractivity contribution in [3.63, 3.8) is 0 Å². The molecule has 0 bridgehead atoms. The van der Waals surface area contributed by atoms with Gasteiger partial charge in [0.15, 0.2) is 6.54 Å². The lowest BCUT2D eigenvalue weighted by Crippen LogP contribution is -3.08. The Hall–Kier alpha value is -2.16. The maximum absolute atomic E-state index is 12.4. The van der Waals surface area contributed by atoms with E-state index in [1.807, 2.05) is 7.05 Å². The van der Waals surface area contributed by atoms with Crippen molar-refractivity contribution in [2.24, 2.45) is 0 Å². The summed E-state index contributed by atoms with van der Waals surface area (Å²) in [6.07, 6.45) is 4.30. The number of hydrogen-bond acceptors (Lipinski definition) is 3. The van der Waals surface area contributed by atoms with E-state index in [0.717, 1.165) is 41.3 Å². The molecule has 0 saturated heterocycles. The topological polar surface area (TPSA) is 57.3 Å². The molecule has 25 heavy (non-hydrogen) atoms. The van der Waals surface area contributed by atoms with Crippen LogP contribution in [0, 0.1) is 18.3 Å². The maximum Gasteiger partial charge on any atom is 0.280 e. The van der Waals surface area contributed by atoms with E-state index in [1.54, 1.807) is 11.3 Å². The normalized spacial score (nSPS) is 14.4. The first-order valence-corrected chi connectivity index (χ1v) is 9.60. The number of aryl methyl sites for hydroxylation is 2. The summed E-state index contributed by atoms with van der Waals surface area (Å²) in [5.41, 5.74) is 4.31. The van der Waals surface area contributed by atoms with E-state index in [1.165, 1.54) is 22.4 Å². The number of anilines is 1. The highest BCUT2D eigenvalue weighted by Gasteiger charge is 2.22. The first kappa shape index (κ1) is 17.7. The number of carbonyl (C=O) groups excluding carboxylic acids is 1. The van der Waals surface area contributed by atoms with Crippen LogP contribution in [0.15, 0.2) is 24.3 Å². The number of rotatable bonds is 5. The highest BCUT2D eigenvalue weighted by Crippen LogP contribution is 2.37. The Morgan fingerprint density at radius 3 is 2.72 bits per heavy atom. The van der Waals surface area contributed by atoms with Crippen LogP contribution in [0.3, 0.4) is 0 Å². The summed E-state index contributed by atoms with van der Waals surface area (Å²) in [5.74, 6) is -0.0280. The van der Waals surface area contributed by atoms with E-state index < -0.39 is 0 Å². The average molecular weight is 354 g/mol. The molecule has 0 fully saturated rings. The molecule has 2 N–H and O–H groups in total. The molecule has 3 rings (SSSR count). The molecule has 130 valence electrons. The SMILES string of the molecule is Cc1ccc(C[NH+](C)CC(=O)Nc2sc3c(c2C#N)CCCC3)cc1. The number of likely N-dealkylation sites (N-methyl/N-ethyl adjacent to an activating group) is 1. The number of thiophene rings is 1. The van der Waals surface area contributed by atoms with E-state index in [-0.39, 0.29) is 5.91 Å². The molecule has 0 radical (unpaired) electrons. The highest BCUT2D eigenvalue weighted by atomic mass is 32.1. The second-order valence-electron chi connectivity index (χ2n) is 6.87. The fourth-order valence-corrected chi connectivity index (χ4v) is 4.59. The zero-order valence-corrected chi connectivity index (χ0v) is 15.6. The van der Waals surface area contributed by atoms with Crippen LogP contribution in [-0.4, -0.2) is 19.5 Å². The van der Waals surface area contributed by atoms with Crippen LogP contribution in [-0.2, 0) is 24.2 Å². The maximum atomic E-state index is 12.4. The summed E-state index contributed by atoms with van der Waals surface area (Å²) in [7, 11) is 2.02. The zero-order chi connectivity index (χ0) is 17.8. The predicted molar refractivity (Wildman–Crippen MR) is 101 cm³/mol. The molecular formula is C20H24N3OS+. The van der Waals surface area contributed by atoms with Crippen LogP contribution in [0.1, 0.15) is 40.0 Å². The van der Waals surface area contributed by atoms with Crippen LogP contribution in [0.4, 0.5) is 5.00 Å². The summed E-state index contributed by atoms with van der Waals surface area (Å²) < 4.78 is 0. The van der Waals surface area contributed by atoms with Crippen LogP contribution >= 0.6 is 11.3 Å². The van der Waals surface area contributed by atoms with Gasteiger partial charge in [0, 0.05) is 10.4 Å². The lowest BCUT2D eigenvalue weighted by molar-refractivity contribution is -0.885. The van der Waals surface area contributed by atoms with Crippen LogP contribution in [0.2, 0.25) is 0 Å². The monoisotopic (exact) mass is 354 g/mol. The minimum absolute atomic E-state index is 0.0280. The first-order valence-electron chi connectivity index (χ1n) is 8.78. The Morgan fingerprint density at radius 2 is 2.00 bits per heavy atom. The fraction of sp³-hybridized carbons (Fsp3) is 0.400. The van der Waals surface area contributed by atoms with E-state index in [0.29, 0.717) is 12.1 Å². The molecular weight excluding hydrogens is 330 g/mol. The lowest BCUT2D eigenvalue weighted by Gasteiger charge is -2.13. The average Bonchev–Trinajstić information content (AvgIpc) is 2.93. The van der Waals surface area contributed by atoms with Crippen molar-refractivity contribution in [2.45, 2.75) is 39.2 Å². The third-order valence-electron chi connectivity index (χ3n) is 4.62. The molecule has 1 atom stereocenters. The standard InChI is InChI=1S/C20H23N3OS/c1-14-7-9-15(10-8-14)12-23(2)13-19(24)22-20-17(11-21)16-5-3-4-6-18(16)25-20/h7-10H,3-6,12-13H2,1-2H3,(H,22,24)/p+1. The fourth-order valence-electron chi connectivity index (χ4n) is 3.33.